The van der Waals surface area contributed by atoms with Crippen LogP contribution in [0.4, 0.5) is 0 Å². The van der Waals surface area contributed by atoms with Crippen molar-refractivity contribution in [3.63, 3.8) is 0 Å². The highest BCUT2D eigenvalue weighted by Gasteiger charge is 2.17. The maximum atomic E-state index is 12.7. The summed E-state index contributed by atoms with van der Waals surface area (Å²) in [6.45, 7) is 4.12. The van der Waals surface area contributed by atoms with Crippen molar-refractivity contribution >= 4 is 5.91 Å². The van der Waals surface area contributed by atoms with Crippen molar-refractivity contribution < 1.29 is 14.3 Å². The second-order valence-corrected chi connectivity index (χ2v) is 7.58. The second-order valence-electron chi connectivity index (χ2n) is 7.58. The fraction of sp³-hybridized carbons (Fsp3) is 0.348. The normalized spacial score (nSPS) is 14.5. The molecular formula is C23H26N4O3. The zero-order valence-electron chi connectivity index (χ0n) is 17.3. The molecule has 1 aliphatic rings. The van der Waals surface area contributed by atoms with Crippen LogP contribution in [0.5, 0.6) is 11.5 Å². The highest BCUT2D eigenvalue weighted by Crippen LogP contribution is 2.29. The van der Waals surface area contributed by atoms with Crippen molar-refractivity contribution in [2.75, 3.05) is 19.8 Å². The van der Waals surface area contributed by atoms with Crippen LogP contribution in [0.25, 0.3) is 11.3 Å². The van der Waals surface area contributed by atoms with Gasteiger partial charge in [0, 0.05) is 62.0 Å². The zero-order valence-corrected chi connectivity index (χ0v) is 17.3. The summed E-state index contributed by atoms with van der Waals surface area (Å²) >= 11 is 0. The molecule has 7 heteroatoms. The van der Waals surface area contributed by atoms with Crippen LogP contribution in [0.1, 0.15) is 28.8 Å². The van der Waals surface area contributed by atoms with Crippen LogP contribution in [-0.2, 0) is 11.8 Å². The lowest BCUT2D eigenvalue weighted by molar-refractivity contribution is 0.0642. The number of carbonyl (C=O) groups is 1. The minimum atomic E-state index is -0.0739. The van der Waals surface area contributed by atoms with E-state index in [0.29, 0.717) is 29.5 Å². The van der Waals surface area contributed by atoms with E-state index in [4.69, 9.17) is 9.47 Å². The molecule has 1 N–H and O–H groups in total. The van der Waals surface area contributed by atoms with Crippen LogP contribution >= 0.6 is 0 Å². The molecule has 1 amide bonds. The van der Waals surface area contributed by atoms with Gasteiger partial charge in [0.1, 0.15) is 11.5 Å². The highest BCUT2D eigenvalue weighted by atomic mass is 16.5. The first-order chi connectivity index (χ1) is 14.6. The summed E-state index contributed by atoms with van der Waals surface area (Å²) in [5.74, 6) is 1.71. The summed E-state index contributed by atoms with van der Waals surface area (Å²) in [6.07, 6.45) is 7.35. The third kappa shape index (κ3) is 4.68. The predicted octanol–water partition coefficient (Wildman–Crippen LogP) is 3.74. The van der Waals surface area contributed by atoms with E-state index >= 15 is 0 Å². The molecule has 0 spiro atoms. The molecule has 2 aromatic heterocycles. The van der Waals surface area contributed by atoms with E-state index in [1.54, 1.807) is 23.1 Å². The SMILES string of the molecule is Cc1c(Oc2ccnc(-c3cnn(C)c3)c2)cccc1C(=O)NCC1CCOCC1. The third-order valence-electron chi connectivity index (χ3n) is 5.38. The number of rotatable bonds is 6. The van der Waals surface area contributed by atoms with Gasteiger partial charge >= 0.3 is 0 Å². The van der Waals surface area contributed by atoms with Gasteiger partial charge in [0.15, 0.2) is 0 Å². The maximum Gasteiger partial charge on any atom is 0.251 e. The monoisotopic (exact) mass is 406 g/mol. The molecule has 0 bridgehead atoms. The minimum absolute atomic E-state index is 0.0739. The number of nitrogens with zero attached hydrogens (tertiary/aromatic N) is 3. The largest absolute Gasteiger partial charge is 0.457 e. The van der Waals surface area contributed by atoms with Gasteiger partial charge in [0.2, 0.25) is 0 Å². The Labute approximate surface area is 176 Å². The molecule has 3 heterocycles. The first-order valence-corrected chi connectivity index (χ1v) is 10.2. The Morgan fingerprint density at radius 1 is 1.30 bits per heavy atom. The number of pyridine rings is 1. The van der Waals surface area contributed by atoms with Crippen LogP contribution in [-0.4, -0.2) is 40.4 Å². The number of carbonyl (C=O) groups excluding carboxylic acids is 1. The van der Waals surface area contributed by atoms with Crippen molar-refractivity contribution in [1.82, 2.24) is 20.1 Å². The van der Waals surface area contributed by atoms with Crippen LogP contribution in [0.2, 0.25) is 0 Å². The van der Waals surface area contributed by atoms with E-state index in [1.165, 1.54) is 0 Å². The van der Waals surface area contributed by atoms with E-state index in [2.05, 4.69) is 15.4 Å². The zero-order chi connectivity index (χ0) is 20.9. The summed E-state index contributed by atoms with van der Waals surface area (Å²) < 4.78 is 13.2. The Bertz CT molecular complexity index is 1020. The van der Waals surface area contributed by atoms with Gasteiger partial charge in [-0.1, -0.05) is 6.07 Å². The van der Waals surface area contributed by atoms with Crippen LogP contribution < -0.4 is 10.1 Å². The van der Waals surface area contributed by atoms with E-state index < -0.39 is 0 Å². The smallest absolute Gasteiger partial charge is 0.251 e. The number of amides is 1. The fourth-order valence-electron chi connectivity index (χ4n) is 3.57. The van der Waals surface area contributed by atoms with E-state index in [0.717, 1.165) is 42.9 Å². The predicted molar refractivity (Wildman–Crippen MR) is 114 cm³/mol. The molecule has 1 fully saturated rings. The summed E-state index contributed by atoms with van der Waals surface area (Å²) in [6, 6.07) is 9.21. The molecule has 0 unspecified atom stereocenters. The number of hydrogen-bond acceptors (Lipinski definition) is 5. The fourth-order valence-corrected chi connectivity index (χ4v) is 3.57. The molecule has 1 aliphatic heterocycles. The summed E-state index contributed by atoms with van der Waals surface area (Å²) in [7, 11) is 1.87. The number of benzene rings is 1. The Morgan fingerprint density at radius 3 is 2.90 bits per heavy atom. The Kier molecular flexibility index (Phi) is 6.09. The standard InChI is InChI=1S/C23H26N4O3/c1-16-20(23(28)25-13-17-7-10-29-11-8-17)4-3-5-22(16)30-19-6-9-24-21(12-19)18-14-26-27(2)15-18/h3-6,9,12,14-15,17H,7-8,10-11,13H2,1-2H3,(H,25,28). The Balaban J connectivity index is 1.47. The topological polar surface area (TPSA) is 78.3 Å². The average molecular weight is 406 g/mol. The Morgan fingerprint density at radius 2 is 2.13 bits per heavy atom. The van der Waals surface area contributed by atoms with Gasteiger partial charge in [-0.2, -0.15) is 5.10 Å². The van der Waals surface area contributed by atoms with Gasteiger partial charge < -0.3 is 14.8 Å². The van der Waals surface area contributed by atoms with Crippen molar-refractivity contribution in [2.24, 2.45) is 13.0 Å². The second kappa shape index (κ2) is 9.09. The first kappa shape index (κ1) is 20.1. The molecule has 3 aromatic rings. The van der Waals surface area contributed by atoms with Crippen molar-refractivity contribution in [3.8, 4) is 22.8 Å². The number of hydrogen-bond donors (Lipinski definition) is 1. The average Bonchev–Trinajstić information content (AvgIpc) is 3.21. The molecule has 30 heavy (non-hydrogen) atoms. The molecule has 0 atom stereocenters. The molecule has 156 valence electrons. The van der Waals surface area contributed by atoms with Gasteiger partial charge in [0.05, 0.1) is 11.9 Å². The molecule has 0 saturated carbocycles. The number of ether oxygens (including phenoxy) is 2. The Hall–Kier alpha value is -3.19. The van der Waals surface area contributed by atoms with E-state index in [-0.39, 0.29) is 5.91 Å². The number of aromatic nitrogens is 3. The first-order valence-electron chi connectivity index (χ1n) is 10.2. The molecule has 0 aliphatic carbocycles. The molecule has 7 nitrogen and oxygen atoms in total. The lowest BCUT2D eigenvalue weighted by Crippen LogP contribution is -2.32. The van der Waals surface area contributed by atoms with E-state index in [9.17, 15) is 4.79 Å². The highest BCUT2D eigenvalue weighted by molar-refractivity contribution is 5.96. The number of nitrogens with one attached hydrogen (secondary N) is 1. The van der Waals surface area contributed by atoms with Gasteiger partial charge in [-0.25, -0.2) is 0 Å². The lowest BCUT2D eigenvalue weighted by atomic mass is 10.00. The van der Waals surface area contributed by atoms with Crippen LogP contribution in [0, 0.1) is 12.8 Å². The third-order valence-corrected chi connectivity index (χ3v) is 5.38. The van der Waals surface area contributed by atoms with Gasteiger partial charge in [-0.05, 0) is 43.9 Å². The molecule has 4 rings (SSSR count). The van der Waals surface area contributed by atoms with Gasteiger partial charge in [-0.3, -0.25) is 14.5 Å². The van der Waals surface area contributed by atoms with E-state index in [1.807, 2.05) is 44.4 Å². The minimum Gasteiger partial charge on any atom is -0.457 e. The molecule has 0 radical (unpaired) electrons. The summed E-state index contributed by atoms with van der Waals surface area (Å²) in [5, 5.41) is 7.25. The summed E-state index contributed by atoms with van der Waals surface area (Å²) in [5.41, 5.74) is 3.13. The summed E-state index contributed by atoms with van der Waals surface area (Å²) in [4.78, 5) is 17.1. The van der Waals surface area contributed by atoms with Gasteiger partial charge in [0.25, 0.3) is 5.91 Å². The van der Waals surface area contributed by atoms with Crippen LogP contribution in [0.15, 0.2) is 48.9 Å². The lowest BCUT2D eigenvalue weighted by Gasteiger charge is -2.22. The molecule has 1 aromatic carbocycles. The number of aryl methyl sites for hydroxylation is 1. The quantitative estimate of drug-likeness (QED) is 0.675. The van der Waals surface area contributed by atoms with Crippen LogP contribution in [0.3, 0.4) is 0 Å². The maximum absolute atomic E-state index is 12.7. The molecule has 1 saturated heterocycles. The van der Waals surface area contributed by atoms with Crippen molar-refractivity contribution in [3.05, 3.63) is 60.0 Å². The van der Waals surface area contributed by atoms with Crippen molar-refractivity contribution in [1.29, 1.82) is 0 Å². The van der Waals surface area contributed by atoms with Crippen molar-refractivity contribution in [2.45, 2.75) is 19.8 Å². The van der Waals surface area contributed by atoms with Gasteiger partial charge in [-0.15, -0.1) is 0 Å². The molecular weight excluding hydrogens is 380 g/mol.